The molecule has 0 aliphatic heterocycles. The van der Waals surface area contributed by atoms with Crippen LogP contribution in [0.2, 0.25) is 0 Å². The number of aliphatic hydroxyl groups excluding tert-OH is 1. The molecule has 1 aromatic rings. The summed E-state index contributed by atoms with van der Waals surface area (Å²) in [6.45, 7) is 10.6. The van der Waals surface area contributed by atoms with Crippen molar-refractivity contribution in [3.63, 3.8) is 0 Å². The van der Waals surface area contributed by atoms with Gasteiger partial charge in [-0.15, -0.1) is 0 Å². The Bertz CT molecular complexity index is 339. The predicted octanol–water partition coefficient (Wildman–Crippen LogP) is 2.61. The Morgan fingerprint density at radius 3 is 2.47 bits per heavy atom. The van der Waals surface area contributed by atoms with E-state index < -0.39 is 6.10 Å². The number of hydrogen-bond acceptors (Lipinski definition) is 4. The van der Waals surface area contributed by atoms with E-state index in [1.165, 1.54) is 0 Å². The van der Waals surface area contributed by atoms with Crippen molar-refractivity contribution in [1.29, 1.82) is 0 Å². The van der Waals surface area contributed by atoms with Crippen molar-refractivity contribution in [3.8, 4) is 0 Å². The lowest BCUT2D eigenvalue weighted by Crippen LogP contribution is -2.14. The molecule has 0 saturated heterocycles. The Hall–Kier alpha value is -0.900. The fraction of sp³-hybridized carbons (Fsp3) is 0.846. The number of nitrogens with zero attached hydrogens (tertiary/aromatic N) is 2. The van der Waals surface area contributed by atoms with Crippen LogP contribution in [0.5, 0.6) is 0 Å². The van der Waals surface area contributed by atoms with Crippen molar-refractivity contribution < 1.29 is 9.63 Å². The molecule has 1 heterocycles. The molecule has 4 nitrogen and oxygen atoms in total. The van der Waals surface area contributed by atoms with Gasteiger partial charge in [0.25, 0.3) is 0 Å². The minimum Gasteiger partial charge on any atom is -0.393 e. The summed E-state index contributed by atoms with van der Waals surface area (Å²) in [6.07, 6.45) is 1.61. The molecular weight excluding hydrogens is 216 g/mol. The van der Waals surface area contributed by atoms with Gasteiger partial charge in [0, 0.05) is 6.42 Å². The molecule has 0 radical (unpaired) electrons. The third-order valence-corrected chi connectivity index (χ3v) is 2.35. The first-order chi connectivity index (χ1) is 7.76. The van der Waals surface area contributed by atoms with E-state index >= 15 is 0 Å². The van der Waals surface area contributed by atoms with E-state index in [2.05, 4.69) is 44.8 Å². The second-order valence-corrected chi connectivity index (χ2v) is 6.33. The minimum atomic E-state index is -0.391. The highest BCUT2D eigenvalue weighted by Crippen LogP contribution is 2.19. The van der Waals surface area contributed by atoms with Gasteiger partial charge in [0.05, 0.1) is 12.5 Å². The number of aliphatic hydroxyl groups is 1. The van der Waals surface area contributed by atoms with Gasteiger partial charge in [-0.25, -0.2) is 0 Å². The molecular formula is C13H24N2O2. The van der Waals surface area contributed by atoms with Crippen LogP contribution in [-0.2, 0) is 12.8 Å². The third-order valence-electron chi connectivity index (χ3n) is 2.35. The zero-order valence-corrected chi connectivity index (χ0v) is 11.5. The molecule has 0 fully saturated rings. The van der Waals surface area contributed by atoms with E-state index in [9.17, 15) is 5.11 Å². The molecule has 0 spiro atoms. The molecule has 0 aliphatic rings. The molecule has 1 N–H and O–H groups in total. The van der Waals surface area contributed by atoms with Gasteiger partial charge in [-0.3, -0.25) is 0 Å². The zero-order valence-electron chi connectivity index (χ0n) is 11.5. The van der Waals surface area contributed by atoms with Crippen LogP contribution in [0.15, 0.2) is 4.52 Å². The van der Waals surface area contributed by atoms with E-state index in [-0.39, 0.29) is 5.41 Å². The molecule has 0 bridgehead atoms. The molecule has 17 heavy (non-hydrogen) atoms. The quantitative estimate of drug-likeness (QED) is 0.859. The highest BCUT2D eigenvalue weighted by molar-refractivity contribution is 4.91. The molecule has 0 aliphatic carbocycles. The van der Waals surface area contributed by atoms with Gasteiger partial charge in [0.2, 0.25) is 5.89 Å². The summed E-state index contributed by atoms with van der Waals surface area (Å²) in [5.41, 5.74) is 0.150. The SMILES string of the molecule is CC(C)CC(O)Cc1nc(CC(C)(C)C)no1. The number of hydrogen-bond donors (Lipinski definition) is 1. The molecule has 1 rings (SSSR count). The third kappa shape index (κ3) is 5.82. The zero-order chi connectivity index (χ0) is 13.1. The van der Waals surface area contributed by atoms with Crippen LogP contribution in [-0.4, -0.2) is 21.4 Å². The van der Waals surface area contributed by atoms with Crippen molar-refractivity contribution in [1.82, 2.24) is 10.1 Å². The number of aromatic nitrogens is 2. The maximum absolute atomic E-state index is 9.79. The first-order valence-corrected chi connectivity index (χ1v) is 6.26. The lowest BCUT2D eigenvalue weighted by molar-refractivity contribution is 0.138. The highest BCUT2D eigenvalue weighted by Gasteiger charge is 2.18. The Labute approximate surface area is 103 Å². The molecule has 0 saturated carbocycles. The largest absolute Gasteiger partial charge is 0.393 e. The van der Waals surface area contributed by atoms with Crippen LogP contribution in [0.4, 0.5) is 0 Å². The summed E-state index contributed by atoms with van der Waals surface area (Å²) in [7, 11) is 0. The van der Waals surface area contributed by atoms with E-state index in [1.54, 1.807) is 0 Å². The fourth-order valence-electron chi connectivity index (χ4n) is 1.75. The lowest BCUT2D eigenvalue weighted by Gasteiger charge is -2.14. The van der Waals surface area contributed by atoms with Crippen LogP contribution in [0.3, 0.4) is 0 Å². The highest BCUT2D eigenvalue weighted by atomic mass is 16.5. The van der Waals surface area contributed by atoms with Crippen LogP contribution in [0.1, 0.15) is 52.8 Å². The molecule has 4 heteroatoms. The standard InChI is InChI=1S/C13H24N2O2/c1-9(2)6-10(16)7-12-14-11(15-17-12)8-13(3,4)5/h9-10,16H,6-8H2,1-5H3. The van der Waals surface area contributed by atoms with Crippen molar-refractivity contribution >= 4 is 0 Å². The van der Waals surface area contributed by atoms with E-state index in [1.807, 2.05) is 0 Å². The average molecular weight is 240 g/mol. The molecule has 1 aromatic heterocycles. The van der Waals surface area contributed by atoms with Crippen LogP contribution in [0, 0.1) is 11.3 Å². The summed E-state index contributed by atoms with van der Waals surface area (Å²) in [6, 6.07) is 0. The Morgan fingerprint density at radius 2 is 1.94 bits per heavy atom. The van der Waals surface area contributed by atoms with Crippen molar-refractivity contribution in [2.45, 2.75) is 60.0 Å². The molecule has 98 valence electrons. The summed E-state index contributed by atoms with van der Waals surface area (Å²) in [5.74, 6) is 1.74. The van der Waals surface area contributed by atoms with Gasteiger partial charge in [0.15, 0.2) is 5.82 Å². The summed E-state index contributed by atoms with van der Waals surface area (Å²) < 4.78 is 5.14. The van der Waals surface area contributed by atoms with Gasteiger partial charge >= 0.3 is 0 Å². The molecule has 0 aromatic carbocycles. The van der Waals surface area contributed by atoms with Crippen LogP contribution in [0.25, 0.3) is 0 Å². The second-order valence-electron chi connectivity index (χ2n) is 6.33. The maximum atomic E-state index is 9.79. The van der Waals surface area contributed by atoms with Gasteiger partial charge in [0.1, 0.15) is 0 Å². The Balaban J connectivity index is 2.51. The Morgan fingerprint density at radius 1 is 1.29 bits per heavy atom. The monoisotopic (exact) mass is 240 g/mol. The summed E-state index contributed by atoms with van der Waals surface area (Å²) >= 11 is 0. The van der Waals surface area contributed by atoms with Crippen molar-refractivity contribution in [2.75, 3.05) is 0 Å². The van der Waals surface area contributed by atoms with Gasteiger partial charge in [-0.1, -0.05) is 39.8 Å². The maximum Gasteiger partial charge on any atom is 0.229 e. The average Bonchev–Trinajstić information content (AvgIpc) is 2.46. The van der Waals surface area contributed by atoms with Gasteiger partial charge in [-0.2, -0.15) is 4.98 Å². The van der Waals surface area contributed by atoms with Crippen LogP contribution >= 0.6 is 0 Å². The topological polar surface area (TPSA) is 59.2 Å². The Kier molecular flexibility index (Phi) is 4.69. The summed E-state index contributed by atoms with van der Waals surface area (Å²) in [4.78, 5) is 4.31. The van der Waals surface area contributed by atoms with Crippen LogP contribution < -0.4 is 0 Å². The minimum absolute atomic E-state index is 0.150. The predicted molar refractivity (Wildman–Crippen MR) is 66.6 cm³/mol. The first-order valence-electron chi connectivity index (χ1n) is 6.26. The number of rotatable bonds is 5. The normalized spacial score (nSPS) is 14.3. The van der Waals surface area contributed by atoms with E-state index in [0.29, 0.717) is 18.2 Å². The van der Waals surface area contributed by atoms with Gasteiger partial charge in [-0.05, 0) is 17.8 Å². The summed E-state index contributed by atoms with van der Waals surface area (Å²) in [5, 5.41) is 13.7. The van der Waals surface area contributed by atoms with E-state index in [0.717, 1.165) is 18.7 Å². The fourth-order valence-corrected chi connectivity index (χ4v) is 1.75. The second kappa shape index (κ2) is 5.63. The van der Waals surface area contributed by atoms with Crippen molar-refractivity contribution in [2.24, 2.45) is 11.3 Å². The van der Waals surface area contributed by atoms with Crippen molar-refractivity contribution in [3.05, 3.63) is 11.7 Å². The smallest absolute Gasteiger partial charge is 0.229 e. The van der Waals surface area contributed by atoms with E-state index in [4.69, 9.17) is 4.52 Å². The first kappa shape index (κ1) is 14.2. The molecule has 1 atom stereocenters. The molecule has 1 unspecified atom stereocenters. The molecule has 0 amide bonds. The van der Waals surface area contributed by atoms with Gasteiger partial charge < -0.3 is 9.63 Å². The lowest BCUT2D eigenvalue weighted by atomic mass is 9.92.